The number of fused-ring (bicyclic) bond motifs is 3. The van der Waals surface area contributed by atoms with Crippen LogP contribution in [-0.2, 0) is 0 Å². The van der Waals surface area contributed by atoms with Crippen molar-refractivity contribution in [3.05, 3.63) is 36.2 Å². The van der Waals surface area contributed by atoms with Crippen molar-refractivity contribution < 1.29 is 0 Å². The Bertz CT molecular complexity index is 673. The molecule has 1 aromatic carbocycles. The van der Waals surface area contributed by atoms with Gasteiger partial charge >= 0.3 is 0 Å². The van der Waals surface area contributed by atoms with Gasteiger partial charge in [-0.2, -0.15) is 0 Å². The van der Waals surface area contributed by atoms with Gasteiger partial charge in [-0.3, -0.25) is 4.40 Å². The Balaban J connectivity index is 1.92. The van der Waals surface area contributed by atoms with E-state index in [2.05, 4.69) is 38.0 Å². The van der Waals surface area contributed by atoms with Gasteiger partial charge in [0.15, 0.2) is 0 Å². The Kier molecular flexibility index (Phi) is 1.82. The lowest BCUT2D eigenvalue weighted by Crippen LogP contribution is -2.08. The third kappa shape index (κ3) is 1.31. The van der Waals surface area contributed by atoms with Crippen molar-refractivity contribution in [1.82, 2.24) is 19.7 Å². The topological polar surface area (TPSA) is 45.1 Å². The Morgan fingerprint density at radius 1 is 1.29 bits per heavy atom. The number of nitrogens with one attached hydrogen (secondary N) is 2. The summed E-state index contributed by atoms with van der Waals surface area (Å²) in [7, 11) is 0. The molecule has 0 amide bonds. The molecule has 1 saturated heterocycles. The maximum Gasteiger partial charge on any atom is 0.212 e. The first-order chi connectivity index (χ1) is 8.42. The molecule has 86 valence electrons. The van der Waals surface area contributed by atoms with Crippen molar-refractivity contribution in [1.29, 1.82) is 0 Å². The molecule has 17 heavy (non-hydrogen) atoms. The fourth-order valence-electron chi connectivity index (χ4n) is 2.69. The van der Waals surface area contributed by atoms with E-state index in [1.165, 1.54) is 17.6 Å². The van der Waals surface area contributed by atoms with Crippen LogP contribution in [0.15, 0.2) is 30.5 Å². The molecule has 0 saturated carbocycles. The number of aromatic nitrogens is 3. The van der Waals surface area contributed by atoms with Crippen LogP contribution in [0.1, 0.15) is 18.0 Å². The maximum absolute atomic E-state index is 4.59. The standard InChI is InChI=1S/C13H14N4/c1-2-4-12-10(3-1)15-13-16-11(8-17(12)13)9-5-6-14-7-9/h1-4,8-9,14H,5-7H2,(H,15,16). The zero-order valence-electron chi connectivity index (χ0n) is 9.48. The van der Waals surface area contributed by atoms with Crippen molar-refractivity contribution in [2.45, 2.75) is 12.3 Å². The van der Waals surface area contributed by atoms with Gasteiger partial charge in [-0.1, -0.05) is 12.1 Å². The van der Waals surface area contributed by atoms with Gasteiger partial charge in [-0.15, -0.1) is 0 Å². The second-order valence-electron chi connectivity index (χ2n) is 4.69. The lowest BCUT2D eigenvalue weighted by atomic mass is 10.1. The number of benzene rings is 1. The summed E-state index contributed by atoms with van der Waals surface area (Å²) in [5.41, 5.74) is 3.52. The number of nitrogens with zero attached hydrogens (tertiary/aromatic N) is 2. The van der Waals surface area contributed by atoms with Crippen molar-refractivity contribution in [2.75, 3.05) is 13.1 Å². The molecule has 0 bridgehead atoms. The number of para-hydroxylation sites is 2. The fourth-order valence-corrected chi connectivity index (χ4v) is 2.69. The summed E-state index contributed by atoms with van der Waals surface area (Å²) in [6, 6.07) is 8.24. The summed E-state index contributed by atoms with van der Waals surface area (Å²) in [5.74, 6) is 1.56. The minimum atomic E-state index is 0.607. The van der Waals surface area contributed by atoms with Crippen molar-refractivity contribution in [2.24, 2.45) is 0 Å². The van der Waals surface area contributed by atoms with Crippen LogP contribution in [0.25, 0.3) is 16.8 Å². The van der Waals surface area contributed by atoms with Crippen LogP contribution >= 0.6 is 0 Å². The zero-order valence-corrected chi connectivity index (χ0v) is 9.48. The predicted molar refractivity (Wildman–Crippen MR) is 67.3 cm³/mol. The normalized spacial score (nSPS) is 20.6. The van der Waals surface area contributed by atoms with E-state index in [1.54, 1.807) is 0 Å². The van der Waals surface area contributed by atoms with E-state index in [4.69, 9.17) is 0 Å². The van der Waals surface area contributed by atoms with Crippen LogP contribution in [0.5, 0.6) is 0 Å². The molecule has 1 aliphatic heterocycles. The number of aromatic amines is 1. The van der Waals surface area contributed by atoms with Crippen LogP contribution in [0.3, 0.4) is 0 Å². The Morgan fingerprint density at radius 2 is 2.24 bits per heavy atom. The molecule has 1 atom stereocenters. The summed E-state index contributed by atoms with van der Waals surface area (Å²) in [4.78, 5) is 8.03. The second kappa shape index (κ2) is 3.34. The molecule has 2 aromatic heterocycles. The van der Waals surface area contributed by atoms with E-state index < -0.39 is 0 Å². The van der Waals surface area contributed by atoms with Gasteiger partial charge in [0, 0.05) is 24.4 Å². The van der Waals surface area contributed by atoms with Gasteiger partial charge in [-0.25, -0.2) is 4.98 Å². The smallest absolute Gasteiger partial charge is 0.212 e. The number of rotatable bonds is 1. The van der Waals surface area contributed by atoms with Crippen LogP contribution in [-0.4, -0.2) is 27.5 Å². The summed E-state index contributed by atoms with van der Waals surface area (Å²) < 4.78 is 2.16. The number of hydrogen-bond donors (Lipinski definition) is 2. The van der Waals surface area contributed by atoms with E-state index in [0.717, 1.165) is 24.4 Å². The monoisotopic (exact) mass is 226 g/mol. The van der Waals surface area contributed by atoms with Crippen molar-refractivity contribution >= 4 is 16.8 Å². The van der Waals surface area contributed by atoms with Crippen molar-refractivity contribution in [3.8, 4) is 0 Å². The van der Waals surface area contributed by atoms with Gasteiger partial charge in [0.2, 0.25) is 5.78 Å². The van der Waals surface area contributed by atoms with Gasteiger partial charge in [0.1, 0.15) is 0 Å². The van der Waals surface area contributed by atoms with Crippen LogP contribution < -0.4 is 5.32 Å². The highest BCUT2D eigenvalue weighted by atomic mass is 15.1. The average molecular weight is 226 g/mol. The molecular formula is C13H14N4. The van der Waals surface area contributed by atoms with E-state index in [9.17, 15) is 0 Å². The molecule has 0 radical (unpaired) electrons. The zero-order chi connectivity index (χ0) is 11.2. The van der Waals surface area contributed by atoms with Gasteiger partial charge in [0.05, 0.1) is 11.0 Å². The first-order valence-corrected chi connectivity index (χ1v) is 6.08. The van der Waals surface area contributed by atoms with Gasteiger partial charge < -0.3 is 10.3 Å². The van der Waals surface area contributed by atoms with Gasteiger partial charge in [0.25, 0.3) is 0 Å². The third-order valence-corrected chi connectivity index (χ3v) is 3.62. The molecule has 2 N–H and O–H groups in total. The molecule has 4 rings (SSSR count). The minimum Gasteiger partial charge on any atom is -0.327 e. The lowest BCUT2D eigenvalue weighted by Gasteiger charge is -2.03. The molecule has 0 aliphatic carbocycles. The maximum atomic E-state index is 4.59. The molecule has 0 spiro atoms. The van der Waals surface area contributed by atoms with Crippen LogP contribution in [0, 0.1) is 0 Å². The quantitative estimate of drug-likeness (QED) is 0.665. The Labute approximate surface area is 98.7 Å². The molecule has 3 aromatic rings. The predicted octanol–water partition coefficient (Wildman–Crippen LogP) is 1.89. The van der Waals surface area contributed by atoms with Crippen LogP contribution in [0.4, 0.5) is 0 Å². The third-order valence-electron chi connectivity index (χ3n) is 3.62. The fraction of sp³-hybridized carbons (Fsp3) is 0.308. The second-order valence-corrected chi connectivity index (χ2v) is 4.69. The molecule has 1 fully saturated rings. The van der Waals surface area contributed by atoms with Gasteiger partial charge in [-0.05, 0) is 25.1 Å². The summed E-state index contributed by atoms with van der Waals surface area (Å²) in [5, 5.41) is 3.39. The lowest BCUT2D eigenvalue weighted by molar-refractivity contribution is 0.741. The van der Waals surface area contributed by atoms with E-state index >= 15 is 0 Å². The highest BCUT2D eigenvalue weighted by molar-refractivity contribution is 5.79. The highest BCUT2D eigenvalue weighted by Crippen LogP contribution is 2.24. The minimum absolute atomic E-state index is 0.607. The summed E-state index contributed by atoms with van der Waals surface area (Å²) in [6.45, 7) is 2.19. The molecule has 1 aliphatic rings. The Hall–Kier alpha value is -1.81. The summed E-state index contributed by atoms with van der Waals surface area (Å²) >= 11 is 0. The Morgan fingerprint density at radius 3 is 3.12 bits per heavy atom. The first-order valence-electron chi connectivity index (χ1n) is 6.08. The summed E-state index contributed by atoms with van der Waals surface area (Å²) in [6.07, 6.45) is 3.41. The number of hydrogen-bond acceptors (Lipinski definition) is 2. The largest absolute Gasteiger partial charge is 0.327 e. The molecular weight excluding hydrogens is 212 g/mol. The van der Waals surface area contributed by atoms with E-state index in [-0.39, 0.29) is 0 Å². The number of H-pyrrole nitrogens is 1. The molecule has 1 unspecified atom stereocenters. The first kappa shape index (κ1) is 9.24. The average Bonchev–Trinajstić information content (AvgIpc) is 3.03. The highest BCUT2D eigenvalue weighted by Gasteiger charge is 2.19. The molecule has 4 nitrogen and oxygen atoms in total. The molecule has 4 heteroatoms. The van der Waals surface area contributed by atoms with E-state index in [0.29, 0.717) is 5.92 Å². The number of imidazole rings is 2. The van der Waals surface area contributed by atoms with Crippen LogP contribution in [0.2, 0.25) is 0 Å². The van der Waals surface area contributed by atoms with E-state index in [1.807, 2.05) is 12.1 Å². The molecule has 3 heterocycles. The SMILES string of the molecule is c1ccc2c(c1)nc1[nH]c(C3CCNC3)cn12. The van der Waals surface area contributed by atoms with Crippen molar-refractivity contribution in [3.63, 3.8) is 0 Å².